The van der Waals surface area contributed by atoms with Crippen molar-refractivity contribution in [1.82, 2.24) is 5.32 Å². The Labute approximate surface area is 234 Å². The Bertz CT molecular complexity index is 1360. The van der Waals surface area contributed by atoms with Crippen LogP contribution in [-0.2, 0) is 9.59 Å². The summed E-state index contributed by atoms with van der Waals surface area (Å²) in [6, 6.07) is 10.2. The number of halogens is 1. The molecule has 2 N–H and O–H groups in total. The van der Waals surface area contributed by atoms with Gasteiger partial charge in [0.15, 0.2) is 11.5 Å². The standard InChI is InChI=1S/C28H31ClN4O5.CH4/c1-7-33(8-2)19-10-11-20(22(14-19)30-17(4)34)31-21-15-23(27(35)26(29)16(21)3)32-28(36)18-9-12-24(37-5)25(13-18)38-6;/h9-15H,7-8H2,1-6H3,(H,30,34)(H,32,36);1H4. The first-order valence-corrected chi connectivity index (χ1v) is 12.4. The van der Waals surface area contributed by atoms with Gasteiger partial charge in [-0.3, -0.25) is 14.4 Å². The van der Waals surface area contributed by atoms with E-state index in [2.05, 4.69) is 15.5 Å². The summed E-state index contributed by atoms with van der Waals surface area (Å²) in [6.07, 6.45) is 1.47. The summed E-state index contributed by atoms with van der Waals surface area (Å²) in [5.41, 5.74) is 2.98. The molecule has 0 aromatic heterocycles. The Hall–Kier alpha value is -4.11. The van der Waals surface area contributed by atoms with Gasteiger partial charge in [-0.2, -0.15) is 0 Å². The van der Waals surface area contributed by atoms with Crippen molar-refractivity contribution in [2.24, 2.45) is 4.99 Å². The number of carbonyl (C=O) groups is 3. The molecule has 0 saturated heterocycles. The zero-order chi connectivity index (χ0) is 28.0. The highest BCUT2D eigenvalue weighted by atomic mass is 35.5. The van der Waals surface area contributed by atoms with Crippen molar-refractivity contribution < 1.29 is 23.9 Å². The van der Waals surface area contributed by atoms with E-state index in [9.17, 15) is 14.4 Å². The topological polar surface area (TPSA) is 109 Å². The molecule has 0 heterocycles. The molecule has 0 spiro atoms. The van der Waals surface area contributed by atoms with E-state index in [1.807, 2.05) is 26.0 Å². The zero-order valence-corrected chi connectivity index (χ0v) is 23.0. The molecule has 1 aliphatic rings. The number of carbonyl (C=O) groups excluding carboxylic acids is 3. The third-order valence-electron chi connectivity index (χ3n) is 5.99. The average Bonchev–Trinajstić information content (AvgIpc) is 2.91. The first-order valence-electron chi connectivity index (χ1n) is 12.0. The molecule has 0 unspecified atom stereocenters. The number of hydrogen-bond donors (Lipinski definition) is 2. The van der Waals surface area contributed by atoms with E-state index >= 15 is 0 Å². The second kappa shape index (κ2) is 13.6. The van der Waals surface area contributed by atoms with Crippen LogP contribution in [0.3, 0.4) is 0 Å². The largest absolute Gasteiger partial charge is 0.493 e. The van der Waals surface area contributed by atoms with Crippen molar-refractivity contribution in [3.8, 4) is 11.5 Å². The van der Waals surface area contributed by atoms with Crippen LogP contribution in [-0.4, -0.2) is 50.6 Å². The zero-order valence-electron chi connectivity index (χ0n) is 22.3. The highest BCUT2D eigenvalue weighted by molar-refractivity contribution is 6.49. The first kappa shape index (κ1) is 31.1. The minimum absolute atomic E-state index is 0. The third kappa shape index (κ3) is 7.06. The molecule has 2 aromatic carbocycles. The van der Waals surface area contributed by atoms with Crippen molar-refractivity contribution in [1.29, 1.82) is 0 Å². The number of nitrogens with one attached hydrogen (secondary N) is 2. The van der Waals surface area contributed by atoms with Gasteiger partial charge in [-0.05, 0) is 68.8 Å². The fourth-order valence-corrected chi connectivity index (χ4v) is 4.12. The lowest BCUT2D eigenvalue weighted by Gasteiger charge is -2.22. The molecule has 2 amide bonds. The molecule has 0 fully saturated rings. The molecule has 2 aromatic rings. The molecule has 0 radical (unpaired) electrons. The Morgan fingerprint density at radius 1 is 1.00 bits per heavy atom. The van der Waals surface area contributed by atoms with Crippen molar-refractivity contribution in [2.45, 2.75) is 35.1 Å². The summed E-state index contributed by atoms with van der Waals surface area (Å²) in [5.74, 6) is -0.466. The Balaban J connectivity index is 0.00000533. The van der Waals surface area contributed by atoms with Crippen LogP contribution in [0.5, 0.6) is 11.5 Å². The summed E-state index contributed by atoms with van der Waals surface area (Å²) in [7, 11) is 2.96. The first-order chi connectivity index (χ1) is 18.1. The van der Waals surface area contributed by atoms with Gasteiger partial charge in [0.05, 0.1) is 42.0 Å². The molecule has 0 atom stereocenters. The van der Waals surface area contributed by atoms with Gasteiger partial charge in [0.1, 0.15) is 0 Å². The summed E-state index contributed by atoms with van der Waals surface area (Å²) in [6.45, 7) is 8.79. The Kier molecular flexibility index (Phi) is 10.9. The van der Waals surface area contributed by atoms with Crippen LogP contribution >= 0.6 is 11.6 Å². The van der Waals surface area contributed by atoms with Crippen molar-refractivity contribution in [2.75, 3.05) is 37.5 Å². The Morgan fingerprint density at radius 3 is 2.26 bits per heavy atom. The number of nitrogens with zero attached hydrogens (tertiary/aromatic N) is 2. The molecule has 9 nitrogen and oxygen atoms in total. The summed E-state index contributed by atoms with van der Waals surface area (Å²) in [4.78, 5) is 44.6. The SMILES string of the molecule is C.CCN(CC)c1ccc(N=C2C=C(NC(=O)c3ccc(OC)c(OC)c3)C(=O)C(Cl)=C2C)c(NC(C)=O)c1. The lowest BCUT2D eigenvalue weighted by atomic mass is 10.0. The fourth-order valence-electron chi connectivity index (χ4n) is 3.92. The molecule has 0 aliphatic heterocycles. The summed E-state index contributed by atoms with van der Waals surface area (Å²) in [5, 5.41) is 5.39. The van der Waals surface area contributed by atoms with Gasteiger partial charge in [0.25, 0.3) is 5.91 Å². The quantitative estimate of drug-likeness (QED) is 0.389. The number of ether oxygens (including phenoxy) is 2. The molecule has 10 heteroatoms. The van der Waals surface area contributed by atoms with Crippen LogP contribution in [0.1, 0.15) is 45.5 Å². The molecule has 208 valence electrons. The number of hydrogen-bond acceptors (Lipinski definition) is 7. The normalized spacial score (nSPS) is 13.9. The predicted molar refractivity (Wildman–Crippen MR) is 157 cm³/mol. The third-order valence-corrected chi connectivity index (χ3v) is 6.45. The molecule has 1 aliphatic carbocycles. The monoisotopic (exact) mass is 554 g/mol. The number of anilines is 2. The van der Waals surface area contributed by atoms with Gasteiger partial charge in [-0.1, -0.05) is 19.0 Å². The smallest absolute Gasteiger partial charge is 0.255 e. The average molecular weight is 555 g/mol. The molecule has 0 bridgehead atoms. The molecule has 0 saturated carbocycles. The van der Waals surface area contributed by atoms with Gasteiger partial charge in [-0.15, -0.1) is 0 Å². The maximum Gasteiger partial charge on any atom is 0.255 e. The minimum atomic E-state index is -0.532. The fraction of sp³-hybridized carbons (Fsp3) is 0.310. The second-order valence-corrected chi connectivity index (χ2v) is 8.78. The van der Waals surface area contributed by atoms with Crippen LogP contribution in [0.4, 0.5) is 17.1 Å². The highest BCUT2D eigenvalue weighted by Gasteiger charge is 2.26. The van der Waals surface area contributed by atoms with Gasteiger partial charge >= 0.3 is 0 Å². The van der Waals surface area contributed by atoms with Gasteiger partial charge < -0.3 is 25.0 Å². The van der Waals surface area contributed by atoms with E-state index in [-0.39, 0.29) is 29.6 Å². The lowest BCUT2D eigenvalue weighted by molar-refractivity contribution is -0.114. The van der Waals surface area contributed by atoms with Crippen molar-refractivity contribution >= 4 is 52.0 Å². The van der Waals surface area contributed by atoms with Crippen LogP contribution in [0.25, 0.3) is 0 Å². The number of amides is 2. The van der Waals surface area contributed by atoms with Crippen molar-refractivity contribution in [3.63, 3.8) is 0 Å². The van der Waals surface area contributed by atoms with Crippen LogP contribution < -0.4 is 25.0 Å². The van der Waals surface area contributed by atoms with E-state index < -0.39 is 11.7 Å². The molecule has 3 rings (SSSR count). The van der Waals surface area contributed by atoms with E-state index in [1.165, 1.54) is 33.3 Å². The summed E-state index contributed by atoms with van der Waals surface area (Å²) >= 11 is 6.36. The van der Waals surface area contributed by atoms with E-state index in [1.54, 1.807) is 25.1 Å². The predicted octanol–water partition coefficient (Wildman–Crippen LogP) is 5.63. The van der Waals surface area contributed by atoms with Gasteiger partial charge in [-0.25, -0.2) is 4.99 Å². The summed E-state index contributed by atoms with van der Waals surface area (Å²) < 4.78 is 10.5. The van der Waals surface area contributed by atoms with E-state index in [0.29, 0.717) is 34.2 Å². The highest BCUT2D eigenvalue weighted by Crippen LogP contribution is 2.33. The number of aliphatic imine (C=N–C) groups is 1. The number of rotatable bonds is 9. The van der Waals surface area contributed by atoms with Crippen molar-refractivity contribution in [3.05, 3.63) is 64.3 Å². The number of ketones is 1. The van der Waals surface area contributed by atoms with Crippen LogP contribution in [0.15, 0.2) is 63.8 Å². The number of benzene rings is 2. The molecular formula is C29H35ClN4O5. The Morgan fingerprint density at radius 2 is 1.67 bits per heavy atom. The number of allylic oxidation sites excluding steroid dienone is 3. The maximum absolute atomic E-state index is 13.0. The molecular weight excluding hydrogens is 520 g/mol. The second-order valence-electron chi connectivity index (χ2n) is 8.40. The van der Waals surface area contributed by atoms with E-state index in [0.717, 1.165) is 18.8 Å². The van der Waals surface area contributed by atoms with Gasteiger partial charge in [0.2, 0.25) is 11.7 Å². The van der Waals surface area contributed by atoms with Crippen LogP contribution in [0.2, 0.25) is 0 Å². The molecule has 39 heavy (non-hydrogen) atoms. The maximum atomic E-state index is 13.0. The minimum Gasteiger partial charge on any atom is -0.493 e. The lowest BCUT2D eigenvalue weighted by Crippen LogP contribution is -2.31. The number of methoxy groups -OCH3 is 2. The van der Waals surface area contributed by atoms with E-state index in [4.69, 9.17) is 26.1 Å². The van der Waals surface area contributed by atoms with Gasteiger partial charge in [0, 0.05) is 31.3 Å². The number of Topliss-reactive ketones (excluding diaryl/α,β-unsaturated/α-hetero) is 1. The van der Waals surface area contributed by atoms with Crippen LogP contribution in [0, 0.1) is 0 Å².